The molecule has 3 nitrogen and oxygen atoms in total. The highest BCUT2D eigenvalue weighted by Crippen LogP contribution is 2.44. The molecule has 0 bridgehead atoms. The van der Waals surface area contributed by atoms with Gasteiger partial charge in [0.25, 0.3) is 0 Å². The molecule has 0 aliphatic carbocycles. The summed E-state index contributed by atoms with van der Waals surface area (Å²) in [6, 6.07) is 24.0. The summed E-state index contributed by atoms with van der Waals surface area (Å²) in [6.07, 6.45) is 0. The van der Waals surface area contributed by atoms with E-state index in [9.17, 15) is 5.11 Å². The third-order valence-corrected chi connectivity index (χ3v) is 10.4. The molecule has 0 aromatic heterocycles. The van der Waals surface area contributed by atoms with E-state index in [1.165, 1.54) is 0 Å². The monoisotopic (exact) mass is 456 g/mol. The Hall–Kier alpha value is -2.24. The fourth-order valence-corrected chi connectivity index (χ4v) is 8.65. The molecular formula is C23H25BrO3Si. The van der Waals surface area contributed by atoms with Crippen LogP contribution in [0.15, 0.2) is 77.3 Å². The molecule has 3 rings (SSSR count). The molecule has 0 radical (unpaired) electrons. The number of ether oxygens (including phenoxy) is 1. The number of aromatic hydroxyl groups is 1. The lowest BCUT2D eigenvalue weighted by molar-refractivity contribution is 0.382. The van der Waals surface area contributed by atoms with E-state index in [1.807, 2.05) is 36.4 Å². The predicted octanol–water partition coefficient (Wildman–Crippen LogP) is 5.10. The second-order valence-electron chi connectivity index (χ2n) is 7.72. The van der Waals surface area contributed by atoms with Gasteiger partial charge in [-0.25, -0.2) is 0 Å². The van der Waals surface area contributed by atoms with Crippen molar-refractivity contribution in [3.8, 4) is 17.2 Å². The summed E-state index contributed by atoms with van der Waals surface area (Å²) in [5.41, 5.74) is 0. The van der Waals surface area contributed by atoms with Crippen LogP contribution >= 0.6 is 15.9 Å². The zero-order valence-electron chi connectivity index (χ0n) is 16.6. The van der Waals surface area contributed by atoms with Crippen molar-refractivity contribution in [2.75, 3.05) is 7.11 Å². The van der Waals surface area contributed by atoms with Crippen molar-refractivity contribution in [1.82, 2.24) is 0 Å². The van der Waals surface area contributed by atoms with Crippen LogP contribution in [0, 0.1) is 0 Å². The standard InChI is InChI=1S/C23H25BrO3Si/c1-23(2,3)28(18-11-7-5-8-12-18,19-13-9-6-10-14-19)27-21-16-17(25)15-20(24)22(21)26-4/h5-16,25H,1-4H3. The van der Waals surface area contributed by atoms with E-state index >= 15 is 0 Å². The quantitative estimate of drug-likeness (QED) is 0.542. The second-order valence-corrected chi connectivity index (χ2v) is 12.8. The molecule has 3 aromatic carbocycles. The van der Waals surface area contributed by atoms with Crippen molar-refractivity contribution in [2.24, 2.45) is 0 Å². The second kappa shape index (κ2) is 8.01. The maximum absolute atomic E-state index is 10.2. The van der Waals surface area contributed by atoms with E-state index in [0.29, 0.717) is 16.0 Å². The van der Waals surface area contributed by atoms with Crippen molar-refractivity contribution in [3.63, 3.8) is 0 Å². The Balaban J connectivity index is 2.32. The Morgan fingerprint density at radius 3 is 1.79 bits per heavy atom. The van der Waals surface area contributed by atoms with Gasteiger partial charge < -0.3 is 14.3 Å². The molecule has 0 amide bonds. The summed E-state index contributed by atoms with van der Waals surface area (Å²) < 4.78 is 13.2. The van der Waals surface area contributed by atoms with E-state index in [-0.39, 0.29) is 10.8 Å². The van der Waals surface area contributed by atoms with Crippen LogP contribution < -0.4 is 19.5 Å². The number of phenolic OH excluding ortho intramolecular Hbond substituents is 1. The zero-order valence-corrected chi connectivity index (χ0v) is 19.2. The Labute approximate surface area is 176 Å². The van der Waals surface area contributed by atoms with E-state index < -0.39 is 8.32 Å². The van der Waals surface area contributed by atoms with Crippen molar-refractivity contribution in [3.05, 3.63) is 77.3 Å². The summed E-state index contributed by atoms with van der Waals surface area (Å²) in [5.74, 6) is 1.23. The molecule has 0 saturated carbocycles. The Kier molecular flexibility index (Phi) is 5.86. The van der Waals surface area contributed by atoms with Gasteiger partial charge in [0.05, 0.1) is 11.6 Å². The normalized spacial score (nSPS) is 11.9. The number of halogens is 1. The van der Waals surface area contributed by atoms with Crippen molar-refractivity contribution < 1.29 is 14.3 Å². The molecule has 28 heavy (non-hydrogen) atoms. The van der Waals surface area contributed by atoms with E-state index in [2.05, 4.69) is 61.0 Å². The zero-order chi connectivity index (χ0) is 20.4. The van der Waals surface area contributed by atoms with Gasteiger partial charge in [-0.3, -0.25) is 0 Å². The highest BCUT2D eigenvalue weighted by Gasteiger charge is 2.52. The predicted molar refractivity (Wildman–Crippen MR) is 121 cm³/mol. The molecule has 0 heterocycles. The van der Waals surface area contributed by atoms with Gasteiger partial charge >= 0.3 is 8.32 Å². The number of rotatable bonds is 5. The molecule has 0 aliphatic rings. The number of hydrogen-bond donors (Lipinski definition) is 1. The fourth-order valence-electron chi connectivity index (χ4n) is 3.64. The smallest absolute Gasteiger partial charge is 0.320 e. The SMILES string of the molecule is COc1c(Br)cc(O)cc1O[Si](c1ccccc1)(c1ccccc1)C(C)(C)C. The molecule has 146 valence electrons. The summed E-state index contributed by atoms with van der Waals surface area (Å²) in [4.78, 5) is 0. The molecule has 0 fully saturated rings. The van der Waals surface area contributed by atoms with Crippen molar-refractivity contribution >= 4 is 34.6 Å². The molecule has 0 saturated heterocycles. The Bertz CT molecular complexity index is 898. The minimum Gasteiger partial charge on any atom is -0.531 e. The fraction of sp³-hybridized carbons (Fsp3) is 0.217. The third kappa shape index (κ3) is 3.69. The van der Waals surface area contributed by atoms with Crippen LogP contribution in [0.1, 0.15) is 20.8 Å². The molecule has 5 heteroatoms. The average Bonchev–Trinajstić information content (AvgIpc) is 2.66. The van der Waals surface area contributed by atoms with Crippen LogP contribution in [0.5, 0.6) is 17.2 Å². The maximum Gasteiger partial charge on any atom is 0.320 e. The lowest BCUT2D eigenvalue weighted by atomic mass is 10.2. The van der Waals surface area contributed by atoms with E-state index in [4.69, 9.17) is 9.16 Å². The Morgan fingerprint density at radius 2 is 1.36 bits per heavy atom. The maximum atomic E-state index is 10.2. The number of hydrogen-bond acceptors (Lipinski definition) is 3. The third-order valence-electron chi connectivity index (χ3n) is 4.88. The lowest BCUT2D eigenvalue weighted by Crippen LogP contribution is -2.68. The van der Waals surface area contributed by atoms with Crippen LogP contribution in [0.25, 0.3) is 0 Å². The number of methoxy groups -OCH3 is 1. The topological polar surface area (TPSA) is 38.7 Å². The molecule has 3 aromatic rings. The number of benzene rings is 3. The van der Waals surface area contributed by atoms with Gasteiger partial charge in [-0.1, -0.05) is 81.4 Å². The van der Waals surface area contributed by atoms with Gasteiger partial charge in [-0.05, 0) is 37.4 Å². The van der Waals surface area contributed by atoms with Crippen LogP contribution in [-0.2, 0) is 0 Å². The van der Waals surface area contributed by atoms with E-state index in [1.54, 1.807) is 19.2 Å². The first-order valence-electron chi connectivity index (χ1n) is 9.16. The first-order chi connectivity index (χ1) is 13.3. The minimum atomic E-state index is -2.80. The van der Waals surface area contributed by atoms with Gasteiger partial charge in [-0.15, -0.1) is 0 Å². The highest BCUT2D eigenvalue weighted by molar-refractivity contribution is 9.10. The van der Waals surface area contributed by atoms with Crippen molar-refractivity contribution in [2.45, 2.75) is 25.8 Å². The molecule has 1 N–H and O–H groups in total. The first-order valence-corrected chi connectivity index (χ1v) is 11.9. The van der Waals surface area contributed by atoms with Crippen molar-refractivity contribution in [1.29, 1.82) is 0 Å². The van der Waals surface area contributed by atoms with Gasteiger partial charge in [0.1, 0.15) is 5.75 Å². The van der Waals surface area contributed by atoms with Gasteiger partial charge in [0.15, 0.2) is 11.5 Å². The minimum absolute atomic E-state index is 0.126. The van der Waals surface area contributed by atoms with Crippen LogP contribution in [0.4, 0.5) is 0 Å². The average molecular weight is 457 g/mol. The molecule has 0 aliphatic heterocycles. The van der Waals surface area contributed by atoms with Crippen LogP contribution in [0.3, 0.4) is 0 Å². The Morgan fingerprint density at radius 1 is 0.857 bits per heavy atom. The summed E-state index contributed by atoms with van der Waals surface area (Å²) in [7, 11) is -1.19. The molecule has 0 unspecified atom stereocenters. The lowest BCUT2D eigenvalue weighted by Gasteiger charge is -2.43. The number of phenols is 1. The van der Waals surface area contributed by atoms with E-state index in [0.717, 1.165) is 10.4 Å². The summed E-state index contributed by atoms with van der Waals surface area (Å²) >= 11 is 3.48. The van der Waals surface area contributed by atoms with Crippen LogP contribution in [0.2, 0.25) is 5.04 Å². The van der Waals surface area contributed by atoms with Gasteiger partial charge in [-0.2, -0.15) is 0 Å². The molecule has 0 atom stereocenters. The van der Waals surface area contributed by atoms with Gasteiger partial charge in [0.2, 0.25) is 0 Å². The molecular weight excluding hydrogens is 432 g/mol. The van der Waals surface area contributed by atoms with Crippen LogP contribution in [-0.4, -0.2) is 20.5 Å². The van der Waals surface area contributed by atoms with Gasteiger partial charge in [0, 0.05) is 6.07 Å². The molecule has 0 spiro atoms. The first kappa shape index (κ1) is 20.5. The largest absolute Gasteiger partial charge is 0.531 e. The summed E-state index contributed by atoms with van der Waals surface area (Å²) in [5, 5.41) is 12.3. The summed E-state index contributed by atoms with van der Waals surface area (Å²) in [6.45, 7) is 6.64. The highest BCUT2D eigenvalue weighted by atomic mass is 79.9.